The first-order valence-corrected chi connectivity index (χ1v) is 5.35. The molecule has 1 rings (SSSR count). The van der Waals surface area contributed by atoms with E-state index in [0.717, 1.165) is 18.8 Å². The molecule has 0 radical (unpaired) electrons. The fraction of sp³-hybridized carbons (Fsp3) is 0.818. The Kier molecular flexibility index (Phi) is 3.29. The monoisotopic (exact) mass is 195 g/mol. The minimum Gasteiger partial charge on any atom is -0.317 e. The summed E-state index contributed by atoms with van der Waals surface area (Å²) >= 11 is 0. The lowest BCUT2D eigenvalue weighted by atomic mass is 9.89. The Morgan fingerprint density at radius 1 is 1.43 bits per heavy atom. The van der Waals surface area contributed by atoms with E-state index >= 15 is 0 Å². The van der Waals surface area contributed by atoms with Gasteiger partial charge < -0.3 is 4.57 Å². The van der Waals surface area contributed by atoms with Crippen molar-refractivity contribution in [2.24, 2.45) is 5.92 Å². The quantitative estimate of drug-likeness (QED) is 0.739. The van der Waals surface area contributed by atoms with E-state index in [0.29, 0.717) is 5.92 Å². The maximum Gasteiger partial charge on any atom is 0.138 e. The van der Waals surface area contributed by atoms with Crippen molar-refractivity contribution in [3.8, 4) is 0 Å². The van der Waals surface area contributed by atoms with Crippen LogP contribution in [-0.2, 0) is 12.0 Å². The number of rotatable bonds is 4. The highest BCUT2D eigenvalue weighted by Crippen LogP contribution is 2.24. The van der Waals surface area contributed by atoms with E-state index in [1.165, 1.54) is 0 Å². The predicted octanol–water partition coefficient (Wildman–Crippen LogP) is 2.62. The molecule has 0 fully saturated rings. The lowest BCUT2D eigenvalue weighted by molar-refractivity contribution is 0.417. The number of nitrogens with zero attached hydrogens (tertiary/aromatic N) is 3. The maximum absolute atomic E-state index is 4.22. The SMILES string of the molecule is CCC(C)(C)c1nncn1CC(C)C. The zero-order chi connectivity index (χ0) is 10.8. The van der Waals surface area contributed by atoms with Crippen LogP contribution >= 0.6 is 0 Å². The first-order chi connectivity index (χ1) is 6.47. The molecule has 3 nitrogen and oxygen atoms in total. The molecule has 0 bridgehead atoms. The van der Waals surface area contributed by atoms with Gasteiger partial charge in [-0.25, -0.2) is 0 Å². The van der Waals surface area contributed by atoms with Gasteiger partial charge in [-0.1, -0.05) is 34.6 Å². The smallest absolute Gasteiger partial charge is 0.138 e. The zero-order valence-electron chi connectivity index (χ0n) is 9.91. The van der Waals surface area contributed by atoms with Gasteiger partial charge in [-0.2, -0.15) is 0 Å². The molecule has 0 aromatic carbocycles. The summed E-state index contributed by atoms with van der Waals surface area (Å²) in [6.07, 6.45) is 2.93. The molecule has 0 spiro atoms. The first kappa shape index (κ1) is 11.2. The van der Waals surface area contributed by atoms with Crippen LogP contribution in [0.1, 0.15) is 46.9 Å². The Balaban J connectivity index is 2.92. The van der Waals surface area contributed by atoms with Crippen LogP contribution in [0, 0.1) is 5.92 Å². The van der Waals surface area contributed by atoms with E-state index in [9.17, 15) is 0 Å². The average molecular weight is 195 g/mol. The third-order valence-electron chi connectivity index (χ3n) is 2.67. The maximum atomic E-state index is 4.22. The highest BCUT2D eigenvalue weighted by molar-refractivity contribution is 5.03. The molecule has 1 heterocycles. The Bertz CT molecular complexity index is 286. The van der Waals surface area contributed by atoms with Gasteiger partial charge in [0.25, 0.3) is 0 Å². The molecule has 0 aliphatic rings. The highest BCUT2D eigenvalue weighted by Gasteiger charge is 2.24. The third kappa shape index (κ3) is 2.34. The Labute approximate surface area is 86.5 Å². The van der Waals surface area contributed by atoms with Crippen LogP contribution in [0.3, 0.4) is 0 Å². The second-order valence-electron chi connectivity index (χ2n) is 4.94. The van der Waals surface area contributed by atoms with Gasteiger partial charge in [-0.05, 0) is 12.3 Å². The number of hydrogen-bond donors (Lipinski definition) is 0. The number of hydrogen-bond acceptors (Lipinski definition) is 2. The van der Waals surface area contributed by atoms with Crippen LogP contribution in [0.2, 0.25) is 0 Å². The molecule has 0 unspecified atom stereocenters. The Morgan fingerprint density at radius 3 is 2.57 bits per heavy atom. The van der Waals surface area contributed by atoms with Crippen molar-refractivity contribution in [2.45, 2.75) is 53.0 Å². The summed E-state index contributed by atoms with van der Waals surface area (Å²) in [6, 6.07) is 0. The molecule has 1 aromatic rings. The van der Waals surface area contributed by atoms with Crippen molar-refractivity contribution in [2.75, 3.05) is 0 Å². The number of aromatic nitrogens is 3. The summed E-state index contributed by atoms with van der Waals surface area (Å²) < 4.78 is 2.17. The Morgan fingerprint density at radius 2 is 2.07 bits per heavy atom. The molecule has 0 aliphatic carbocycles. The molecule has 0 saturated carbocycles. The predicted molar refractivity (Wildman–Crippen MR) is 58.2 cm³/mol. The van der Waals surface area contributed by atoms with Gasteiger partial charge in [-0.3, -0.25) is 0 Å². The van der Waals surface area contributed by atoms with Crippen LogP contribution in [-0.4, -0.2) is 14.8 Å². The van der Waals surface area contributed by atoms with E-state index in [1.807, 2.05) is 6.33 Å². The van der Waals surface area contributed by atoms with Crippen molar-refractivity contribution < 1.29 is 0 Å². The van der Waals surface area contributed by atoms with Crippen molar-refractivity contribution >= 4 is 0 Å². The standard InChI is InChI=1S/C11H21N3/c1-6-11(4,5)10-13-12-8-14(10)7-9(2)3/h8-9H,6-7H2,1-5H3. The van der Waals surface area contributed by atoms with Crippen LogP contribution < -0.4 is 0 Å². The summed E-state index contributed by atoms with van der Waals surface area (Å²) in [7, 11) is 0. The normalized spacial score (nSPS) is 12.4. The molecule has 3 heteroatoms. The van der Waals surface area contributed by atoms with Crippen LogP contribution in [0.15, 0.2) is 6.33 Å². The molecule has 0 aliphatic heterocycles. The van der Waals surface area contributed by atoms with E-state index in [4.69, 9.17) is 0 Å². The molecule has 1 aromatic heterocycles. The average Bonchev–Trinajstić information content (AvgIpc) is 2.52. The summed E-state index contributed by atoms with van der Waals surface area (Å²) in [5, 5.41) is 8.23. The lowest BCUT2D eigenvalue weighted by Crippen LogP contribution is -2.23. The minimum atomic E-state index is 0.130. The van der Waals surface area contributed by atoms with Gasteiger partial charge >= 0.3 is 0 Å². The molecule has 0 amide bonds. The van der Waals surface area contributed by atoms with Crippen molar-refractivity contribution in [3.05, 3.63) is 12.2 Å². The molecule has 0 atom stereocenters. The molecular formula is C11H21N3. The van der Waals surface area contributed by atoms with Crippen LogP contribution in [0.4, 0.5) is 0 Å². The lowest BCUT2D eigenvalue weighted by Gasteiger charge is -2.22. The van der Waals surface area contributed by atoms with Gasteiger partial charge in [-0.15, -0.1) is 10.2 Å². The fourth-order valence-corrected chi connectivity index (χ4v) is 1.46. The van der Waals surface area contributed by atoms with E-state index in [2.05, 4.69) is 49.4 Å². The largest absolute Gasteiger partial charge is 0.317 e. The summed E-state index contributed by atoms with van der Waals surface area (Å²) in [4.78, 5) is 0. The second kappa shape index (κ2) is 4.11. The summed E-state index contributed by atoms with van der Waals surface area (Å²) in [5.41, 5.74) is 0.130. The van der Waals surface area contributed by atoms with Crippen molar-refractivity contribution in [3.63, 3.8) is 0 Å². The molecule has 0 saturated heterocycles. The molecular weight excluding hydrogens is 174 g/mol. The molecule has 80 valence electrons. The van der Waals surface area contributed by atoms with Gasteiger partial charge in [0, 0.05) is 12.0 Å². The van der Waals surface area contributed by atoms with Crippen molar-refractivity contribution in [1.29, 1.82) is 0 Å². The second-order valence-corrected chi connectivity index (χ2v) is 4.94. The summed E-state index contributed by atoms with van der Waals surface area (Å²) in [6.45, 7) is 12.0. The topological polar surface area (TPSA) is 30.7 Å². The summed E-state index contributed by atoms with van der Waals surface area (Å²) in [5.74, 6) is 1.74. The van der Waals surface area contributed by atoms with E-state index < -0.39 is 0 Å². The van der Waals surface area contributed by atoms with Gasteiger partial charge in [0.1, 0.15) is 12.2 Å². The van der Waals surface area contributed by atoms with Gasteiger partial charge in [0.15, 0.2) is 0 Å². The highest BCUT2D eigenvalue weighted by atomic mass is 15.3. The third-order valence-corrected chi connectivity index (χ3v) is 2.67. The minimum absolute atomic E-state index is 0.130. The zero-order valence-corrected chi connectivity index (χ0v) is 9.91. The van der Waals surface area contributed by atoms with E-state index in [1.54, 1.807) is 0 Å². The van der Waals surface area contributed by atoms with Gasteiger partial charge in [0.05, 0.1) is 0 Å². The van der Waals surface area contributed by atoms with Crippen molar-refractivity contribution in [1.82, 2.24) is 14.8 Å². The van der Waals surface area contributed by atoms with Crippen LogP contribution in [0.25, 0.3) is 0 Å². The molecule has 0 N–H and O–H groups in total. The fourth-order valence-electron chi connectivity index (χ4n) is 1.46. The molecule has 14 heavy (non-hydrogen) atoms. The van der Waals surface area contributed by atoms with E-state index in [-0.39, 0.29) is 5.41 Å². The van der Waals surface area contributed by atoms with Crippen LogP contribution in [0.5, 0.6) is 0 Å². The van der Waals surface area contributed by atoms with Gasteiger partial charge in [0.2, 0.25) is 0 Å². The Hall–Kier alpha value is -0.860. The first-order valence-electron chi connectivity index (χ1n) is 5.35.